The number of alkyl halides is 3. The number of carbonyl (C=O) groups is 3. The SMILES string of the molecule is COc1cc2c(CC(=O)NC(C)(C)C(=O)O)c(C)n(C(=O)c3ccc(C(F)(F)F)cc3)c2cc1F. The van der Waals surface area contributed by atoms with E-state index in [2.05, 4.69) is 5.32 Å². The van der Waals surface area contributed by atoms with Crippen molar-refractivity contribution in [2.45, 2.75) is 38.9 Å². The Morgan fingerprint density at radius 2 is 1.69 bits per heavy atom. The molecule has 0 fully saturated rings. The molecule has 0 aliphatic carbocycles. The van der Waals surface area contributed by atoms with Gasteiger partial charge in [0.25, 0.3) is 5.91 Å². The molecule has 0 saturated heterocycles. The molecule has 0 radical (unpaired) electrons. The molecule has 0 atom stereocenters. The lowest BCUT2D eigenvalue weighted by Gasteiger charge is -2.21. The van der Waals surface area contributed by atoms with Crippen molar-refractivity contribution in [3.05, 3.63) is 64.6 Å². The second kappa shape index (κ2) is 9.05. The molecule has 35 heavy (non-hydrogen) atoms. The lowest BCUT2D eigenvalue weighted by Crippen LogP contribution is -2.50. The fraction of sp³-hybridized carbons (Fsp3) is 0.292. The van der Waals surface area contributed by atoms with E-state index in [1.165, 1.54) is 33.9 Å². The normalized spacial score (nSPS) is 12.0. The highest BCUT2D eigenvalue weighted by Crippen LogP contribution is 2.33. The number of hydrogen-bond acceptors (Lipinski definition) is 4. The number of amides is 1. The van der Waals surface area contributed by atoms with E-state index in [4.69, 9.17) is 4.74 Å². The highest BCUT2D eigenvalue weighted by atomic mass is 19.4. The lowest BCUT2D eigenvalue weighted by atomic mass is 10.0. The first kappa shape index (κ1) is 25.7. The third-order valence-corrected chi connectivity index (χ3v) is 5.59. The van der Waals surface area contributed by atoms with Gasteiger partial charge >= 0.3 is 12.1 Å². The first-order chi connectivity index (χ1) is 16.2. The third-order valence-electron chi connectivity index (χ3n) is 5.59. The van der Waals surface area contributed by atoms with E-state index in [1.54, 1.807) is 0 Å². The number of halogens is 4. The van der Waals surface area contributed by atoms with Crippen molar-refractivity contribution in [3.8, 4) is 5.75 Å². The van der Waals surface area contributed by atoms with Crippen molar-refractivity contribution in [1.29, 1.82) is 0 Å². The average Bonchev–Trinajstić information content (AvgIpc) is 3.01. The number of fused-ring (bicyclic) bond motifs is 1. The number of aliphatic carboxylic acids is 1. The third kappa shape index (κ3) is 4.98. The summed E-state index contributed by atoms with van der Waals surface area (Å²) < 4.78 is 59.4. The van der Waals surface area contributed by atoms with E-state index in [0.29, 0.717) is 10.9 Å². The number of methoxy groups -OCH3 is 1. The van der Waals surface area contributed by atoms with Gasteiger partial charge in [0.05, 0.1) is 24.6 Å². The molecular weight excluding hydrogens is 472 g/mol. The van der Waals surface area contributed by atoms with Crippen LogP contribution in [0, 0.1) is 12.7 Å². The summed E-state index contributed by atoms with van der Waals surface area (Å²) in [6.45, 7) is 4.10. The lowest BCUT2D eigenvalue weighted by molar-refractivity contribution is -0.145. The number of carboxylic acid groups (broad SMARTS) is 1. The summed E-state index contributed by atoms with van der Waals surface area (Å²) in [5.74, 6) is -3.59. The van der Waals surface area contributed by atoms with Gasteiger partial charge < -0.3 is 15.2 Å². The Bertz CT molecular complexity index is 1320. The van der Waals surface area contributed by atoms with E-state index in [1.807, 2.05) is 0 Å². The minimum absolute atomic E-state index is 0.0750. The quantitative estimate of drug-likeness (QED) is 0.498. The van der Waals surface area contributed by atoms with Crippen LogP contribution in [0.2, 0.25) is 0 Å². The zero-order chi connectivity index (χ0) is 26.3. The molecule has 2 aromatic carbocycles. The summed E-state index contributed by atoms with van der Waals surface area (Å²) in [7, 11) is 1.24. The van der Waals surface area contributed by atoms with Crippen molar-refractivity contribution in [3.63, 3.8) is 0 Å². The van der Waals surface area contributed by atoms with Gasteiger partial charge in [-0.3, -0.25) is 14.2 Å². The molecule has 0 spiro atoms. The summed E-state index contributed by atoms with van der Waals surface area (Å²) in [6.07, 6.45) is -4.93. The number of carboxylic acids is 1. The smallest absolute Gasteiger partial charge is 0.416 e. The van der Waals surface area contributed by atoms with Crippen LogP contribution in [0.3, 0.4) is 0 Å². The number of aromatic nitrogens is 1. The van der Waals surface area contributed by atoms with Gasteiger partial charge in [-0.1, -0.05) is 0 Å². The molecule has 11 heteroatoms. The minimum atomic E-state index is -4.58. The molecule has 2 N–H and O–H groups in total. The predicted molar refractivity (Wildman–Crippen MR) is 118 cm³/mol. The van der Waals surface area contributed by atoms with Crippen LogP contribution >= 0.6 is 0 Å². The molecule has 3 rings (SSSR count). The number of carbonyl (C=O) groups excluding carboxylic acids is 2. The average molecular weight is 494 g/mol. The summed E-state index contributed by atoms with van der Waals surface area (Å²) in [6, 6.07) is 5.89. The van der Waals surface area contributed by atoms with Crippen LogP contribution in [0.4, 0.5) is 17.6 Å². The monoisotopic (exact) mass is 494 g/mol. The van der Waals surface area contributed by atoms with Crippen molar-refractivity contribution >= 4 is 28.7 Å². The van der Waals surface area contributed by atoms with Crippen LogP contribution in [-0.2, 0) is 22.2 Å². The Morgan fingerprint density at radius 3 is 2.20 bits per heavy atom. The Hall–Kier alpha value is -3.89. The number of benzene rings is 2. The molecule has 0 aliphatic heterocycles. The van der Waals surface area contributed by atoms with Crippen molar-refractivity contribution < 1.29 is 41.8 Å². The van der Waals surface area contributed by atoms with Crippen molar-refractivity contribution in [1.82, 2.24) is 9.88 Å². The van der Waals surface area contributed by atoms with Crippen molar-refractivity contribution in [2.75, 3.05) is 7.11 Å². The summed E-state index contributed by atoms with van der Waals surface area (Å²) in [5.41, 5.74) is -1.97. The van der Waals surface area contributed by atoms with Gasteiger partial charge in [0.2, 0.25) is 5.91 Å². The molecule has 3 aromatic rings. The molecule has 7 nitrogen and oxygen atoms in total. The van der Waals surface area contributed by atoms with Gasteiger partial charge in [0.15, 0.2) is 11.6 Å². The second-order valence-electron chi connectivity index (χ2n) is 8.44. The molecule has 0 aliphatic rings. The fourth-order valence-corrected chi connectivity index (χ4v) is 3.66. The summed E-state index contributed by atoms with van der Waals surface area (Å²) in [4.78, 5) is 37.3. The molecule has 0 bridgehead atoms. The maximum absolute atomic E-state index is 14.5. The predicted octanol–water partition coefficient (Wildman–Crippen LogP) is 4.33. The minimum Gasteiger partial charge on any atom is -0.494 e. The molecule has 1 amide bonds. The van der Waals surface area contributed by atoms with Crippen molar-refractivity contribution in [2.24, 2.45) is 0 Å². The first-order valence-electron chi connectivity index (χ1n) is 10.3. The van der Waals surface area contributed by atoms with E-state index >= 15 is 0 Å². The largest absolute Gasteiger partial charge is 0.494 e. The number of nitrogens with one attached hydrogen (secondary N) is 1. The second-order valence-corrected chi connectivity index (χ2v) is 8.44. The summed E-state index contributed by atoms with van der Waals surface area (Å²) in [5, 5.41) is 11.9. The van der Waals surface area contributed by atoms with Crippen LogP contribution < -0.4 is 10.1 Å². The Morgan fingerprint density at radius 1 is 1.09 bits per heavy atom. The first-order valence-corrected chi connectivity index (χ1v) is 10.3. The molecule has 186 valence electrons. The maximum atomic E-state index is 14.5. The van der Waals surface area contributed by atoms with Gasteiger partial charge in [-0.15, -0.1) is 0 Å². The fourth-order valence-electron chi connectivity index (χ4n) is 3.66. The highest BCUT2D eigenvalue weighted by Gasteiger charge is 2.32. The van der Waals surface area contributed by atoms with E-state index < -0.39 is 40.9 Å². The van der Waals surface area contributed by atoms with Gasteiger partial charge in [-0.2, -0.15) is 13.2 Å². The van der Waals surface area contributed by atoms with Crippen LogP contribution in [0.5, 0.6) is 5.75 Å². The van der Waals surface area contributed by atoms with Gasteiger partial charge in [-0.05, 0) is 56.7 Å². The Labute approximate surface area is 197 Å². The molecule has 0 saturated carbocycles. The summed E-state index contributed by atoms with van der Waals surface area (Å²) >= 11 is 0. The van der Waals surface area contributed by atoms with Crippen LogP contribution in [0.15, 0.2) is 36.4 Å². The van der Waals surface area contributed by atoms with E-state index in [-0.39, 0.29) is 28.9 Å². The number of hydrogen-bond donors (Lipinski definition) is 2. The molecule has 0 unspecified atom stereocenters. The van der Waals surface area contributed by atoms with Gasteiger partial charge in [0, 0.05) is 22.7 Å². The zero-order valence-corrected chi connectivity index (χ0v) is 19.2. The van der Waals surface area contributed by atoms with Crippen LogP contribution in [0.25, 0.3) is 10.9 Å². The van der Waals surface area contributed by atoms with E-state index in [0.717, 1.165) is 34.9 Å². The molecule has 1 aromatic heterocycles. The number of rotatable bonds is 6. The Kier molecular flexibility index (Phi) is 6.65. The standard InChI is InChI=1S/C24H22F4N2O5/c1-12-15(10-20(31)29-23(2,3)22(33)34)16-9-19(35-4)17(25)11-18(16)30(12)21(32)13-5-7-14(8-6-13)24(26,27)28/h5-9,11H,10H2,1-4H3,(H,29,31)(H,33,34). The van der Waals surface area contributed by atoms with Crippen LogP contribution in [0.1, 0.15) is 41.0 Å². The van der Waals surface area contributed by atoms with Gasteiger partial charge in [0.1, 0.15) is 5.54 Å². The Balaban J connectivity index is 2.13. The van der Waals surface area contributed by atoms with E-state index in [9.17, 15) is 37.1 Å². The number of nitrogens with zero attached hydrogens (tertiary/aromatic N) is 1. The molecular formula is C24H22F4N2O5. The maximum Gasteiger partial charge on any atom is 0.416 e. The van der Waals surface area contributed by atoms with Gasteiger partial charge in [-0.25, -0.2) is 9.18 Å². The van der Waals surface area contributed by atoms with Crippen LogP contribution in [-0.4, -0.2) is 40.1 Å². The zero-order valence-electron chi connectivity index (χ0n) is 19.2. The molecule has 1 heterocycles. The topological polar surface area (TPSA) is 97.6 Å². The highest BCUT2D eigenvalue weighted by molar-refractivity contribution is 6.05. The number of ether oxygens (including phenoxy) is 1.